The van der Waals surface area contributed by atoms with Crippen LogP contribution in [0.1, 0.15) is 23.1 Å². The molecular formula is C28H24ClN3O5S. The lowest BCUT2D eigenvalue weighted by molar-refractivity contribution is -0.147. The van der Waals surface area contributed by atoms with Crippen molar-refractivity contribution in [2.24, 2.45) is 5.16 Å². The number of β-lactam (4-membered cyclic amide) rings is 1. The van der Waals surface area contributed by atoms with E-state index in [0.717, 1.165) is 34.7 Å². The Balaban J connectivity index is 1.43. The number of hydrogen-bond acceptors (Lipinski definition) is 6. The average molecular weight is 550 g/mol. The van der Waals surface area contributed by atoms with E-state index in [-0.39, 0.29) is 24.2 Å². The van der Waals surface area contributed by atoms with Crippen LogP contribution in [0.25, 0.3) is 0 Å². The highest BCUT2D eigenvalue weighted by Gasteiger charge is 2.57. The minimum Gasteiger partial charge on any atom is -0.480 e. The van der Waals surface area contributed by atoms with Gasteiger partial charge in [-0.15, -0.1) is 23.4 Å². The Bertz CT molecular complexity index is 1260. The van der Waals surface area contributed by atoms with Crippen molar-refractivity contribution >= 4 is 47.4 Å². The number of aliphatic carboxylic acids is 1. The molecule has 2 aliphatic heterocycles. The summed E-state index contributed by atoms with van der Waals surface area (Å²) in [5, 5.41) is 15.3. The molecule has 3 aromatic rings. The number of hydrogen-bond donors (Lipinski definition) is 2. The maximum atomic E-state index is 12.9. The SMILES string of the molecule is O=C(C=NOC(c1ccccc1)(c1ccccc1)c1ccccc1)NC1S[C@@H]2CC(=O)N2CC1(Cl)C(=O)O. The number of carboxylic acid groups (broad SMARTS) is 1. The van der Waals surface area contributed by atoms with Crippen molar-refractivity contribution in [3.63, 3.8) is 0 Å². The minimum atomic E-state index is -1.87. The van der Waals surface area contributed by atoms with Crippen LogP contribution >= 0.6 is 23.4 Å². The van der Waals surface area contributed by atoms with Crippen molar-refractivity contribution < 1.29 is 24.3 Å². The molecule has 2 amide bonds. The summed E-state index contributed by atoms with van der Waals surface area (Å²) in [6.45, 7) is -0.196. The van der Waals surface area contributed by atoms with Crippen LogP contribution in [0, 0.1) is 0 Å². The number of nitrogens with zero attached hydrogens (tertiary/aromatic N) is 2. The molecule has 0 saturated carbocycles. The van der Waals surface area contributed by atoms with E-state index in [1.54, 1.807) is 0 Å². The van der Waals surface area contributed by atoms with Crippen LogP contribution in [0.2, 0.25) is 0 Å². The van der Waals surface area contributed by atoms with E-state index in [9.17, 15) is 19.5 Å². The topological polar surface area (TPSA) is 108 Å². The number of fused-ring (bicyclic) bond motifs is 1. The molecule has 194 valence electrons. The summed E-state index contributed by atoms with van der Waals surface area (Å²) < 4.78 is 0. The number of carbonyl (C=O) groups excluding carboxylic acids is 2. The predicted octanol–water partition coefficient (Wildman–Crippen LogP) is 3.79. The zero-order chi connectivity index (χ0) is 26.8. The van der Waals surface area contributed by atoms with Gasteiger partial charge in [-0.3, -0.25) is 14.4 Å². The standard InChI is InChI=1S/C28H24ClN3O5S/c29-27(26(35)36)18-32-23(34)16-24(32)38-25(27)31-22(33)17-30-37-28(19-10-4-1-5-11-19,20-12-6-2-7-13-20)21-14-8-3-9-15-21/h1-15,17,24-25H,16,18H2,(H,31,33)(H,35,36)/t24-,25?,27?/m1/s1. The summed E-state index contributed by atoms with van der Waals surface area (Å²) >= 11 is 7.56. The molecule has 2 fully saturated rings. The quantitative estimate of drug-likeness (QED) is 0.145. The monoisotopic (exact) mass is 549 g/mol. The summed E-state index contributed by atoms with van der Waals surface area (Å²) in [6, 6.07) is 28.7. The van der Waals surface area contributed by atoms with E-state index in [4.69, 9.17) is 16.4 Å². The number of thioether (sulfide) groups is 1. The molecule has 3 aromatic carbocycles. The largest absolute Gasteiger partial charge is 0.480 e. The Morgan fingerprint density at radius 2 is 1.50 bits per heavy atom. The molecule has 2 heterocycles. The van der Waals surface area contributed by atoms with Crippen molar-refractivity contribution in [1.29, 1.82) is 0 Å². The zero-order valence-corrected chi connectivity index (χ0v) is 21.6. The van der Waals surface area contributed by atoms with Crippen LogP contribution < -0.4 is 5.32 Å². The number of carboxylic acids is 1. The molecule has 0 aliphatic carbocycles. The van der Waals surface area contributed by atoms with Gasteiger partial charge in [-0.2, -0.15) is 0 Å². The van der Waals surface area contributed by atoms with Crippen LogP contribution in [0.15, 0.2) is 96.2 Å². The summed E-state index contributed by atoms with van der Waals surface area (Å²) in [5.41, 5.74) is 1.25. The zero-order valence-electron chi connectivity index (χ0n) is 20.1. The van der Waals surface area contributed by atoms with Gasteiger partial charge in [0.1, 0.15) is 11.6 Å². The predicted molar refractivity (Wildman–Crippen MR) is 145 cm³/mol. The van der Waals surface area contributed by atoms with Gasteiger partial charge in [0.05, 0.1) is 18.3 Å². The first kappa shape index (κ1) is 25.8. The van der Waals surface area contributed by atoms with Gasteiger partial charge in [0.25, 0.3) is 5.91 Å². The third-order valence-electron chi connectivity index (χ3n) is 6.66. The fourth-order valence-corrected chi connectivity index (χ4v) is 6.46. The Labute approximate surface area is 228 Å². The molecule has 0 aromatic heterocycles. The van der Waals surface area contributed by atoms with Crippen molar-refractivity contribution in [2.45, 2.75) is 27.6 Å². The maximum Gasteiger partial charge on any atom is 0.329 e. The summed E-state index contributed by atoms with van der Waals surface area (Å²) in [6.07, 6.45) is 1.25. The molecule has 0 bridgehead atoms. The molecule has 38 heavy (non-hydrogen) atoms. The second-order valence-corrected chi connectivity index (χ2v) is 10.9. The third-order valence-corrected chi connectivity index (χ3v) is 8.81. The van der Waals surface area contributed by atoms with Gasteiger partial charge < -0.3 is 20.2 Å². The lowest BCUT2D eigenvalue weighted by Crippen LogP contribution is -2.68. The molecule has 0 spiro atoms. The molecule has 2 unspecified atom stereocenters. The van der Waals surface area contributed by atoms with Crippen LogP contribution in [0.3, 0.4) is 0 Å². The average Bonchev–Trinajstić information content (AvgIpc) is 2.94. The van der Waals surface area contributed by atoms with Crippen LogP contribution in [0.5, 0.6) is 0 Å². The first-order valence-electron chi connectivity index (χ1n) is 11.9. The molecule has 8 nitrogen and oxygen atoms in total. The van der Waals surface area contributed by atoms with Crippen LogP contribution in [0.4, 0.5) is 0 Å². The van der Waals surface area contributed by atoms with E-state index in [1.165, 1.54) is 4.90 Å². The molecule has 2 aliphatic rings. The van der Waals surface area contributed by atoms with Crippen molar-refractivity contribution in [3.05, 3.63) is 108 Å². The van der Waals surface area contributed by atoms with Gasteiger partial charge in [0.15, 0.2) is 4.87 Å². The van der Waals surface area contributed by atoms with Crippen LogP contribution in [-0.2, 0) is 24.8 Å². The molecule has 2 N–H and O–H groups in total. The molecule has 5 rings (SSSR count). The smallest absolute Gasteiger partial charge is 0.329 e. The first-order chi connectivity index (χ1) is 18.3. The minimum absolute atomic E-state index is 0.160. The third kappa shape index (κ3) is 4.63. The van der Waals surface area contributed by atoms with Crippen LogP contribution in [-0.4, -0.2) is 56.2 Å². The number of benzene rings is 3. The van der Waals surface area contributed by atoms with Gasteiger partial charge in [-0.25, -0.2) is 0 Å². The van der Waals surface area contributed by atoms with Gasteiger partial charge in [0, 0.05) is 16.7 Å². The second-order valence-electron chi connectivity index (χ2n) is 8.98. The fraction of sp³-hybridized carbons (Fsp3) is 0.214. The Kier molecular flexibility index (Phi) is 7.14. The number of nitrogens with one attached hydrogen (secondary N) is 1. The number of oxime groups is 1. The van der Waals surface area contributed by atoms with E-state index < -0.39 is 27.7 Å². The molecule has 2 saturated heterocycles. The lowest BCUT2D eigenvalue weighted by atomic mass is 9.80. The highest BCUT2D eigenvalue weighted by molar-refractivity contribution is 8.00. The van der Waals surface area contributed by atoms with Gasteiger partial charge in [-0.05, 0) is 0 Å². The molecule has 0 radical (unpaired) electrons. The Hall–Kier alpha value is -3.82. The number of alkyl halides is 1. The number of rotatable bonds is 8. The Morgan fingerprint density at radius 3 is 1.95 bits per heavy atom. The summed E-state index contributed by atoms with van der Waals surface area (Å²) in [5.74, 6) is -2.15. The summed E-state index contributed by atoms with van der Waals surface area (Å²) in [7, 11) is 0. The van der Waals surface area contributed by atoms with E-state index >= 15 is 0 Å². The number of halogens is 1. The Morgan fingerprint density at radius 1 is 1.00 bits per heavy atom. The fourth-order valence-electron chi connectivity index (χ4n) is 4.66. The van der Waals surface area contributed by atoms with E-state index in [1.807, 2.05) is 91.0 Å². The number of amides is 2. The number of carbonyl (C=O) groups is 3. The lowest BCUT2D eigenvalue weighted by Gasteiger charge is -2.51. The summed E-state index contributed by atoms with van der Waals surface area (Å²) in [4.78, 5) is 42.5. The second kappa shape index (κ2) is 10.5. The molecule has 10 heteroatoms. The van der Waals surface area contributed by atoms with Gasteiger partial charge >= 0.3 is 5.97 Å². The maximum absolute atomic E-state index is 12.9. The van der Waals surface area contributed by atoms with E-state index in [0.29, 0.717) is 0 Å². The highest BCUT2D eigenvalue weighted by Crippen LogP contribution is 2.45. The first-order valence-corrected chi connectivity index (χ1v) is 13.2. The van der Waals surface area contributed by atoms with E-state index in [2.05, 4.69) is 10.5 Å². The molecular weight excluding hydrogens is 526 g/mol. The van der Waals surface area contributed by atoms with Crippen molar-refractivity contribution in [3.8, 4) is 0 Å². The van der Waals surface area contributed by atoms with Gasteiger partial charge in [0.2, 0.25) is 11.5 Å². The highest BCUT2D eigenvalue weighted by atomic mass is 35.5. The van der Waals surface area contributed by atoms with Crippen molar-refractivity contribution in [2.75, 3.05) is 6.54 Å². The normalized spacial score (nSPS) is 22.9. The molecule has 3 atom stereocenters. The van der Waals surface area contributed by atoms with Gasteiger partial charge in [-0.1, -0.05) is 96.2 Å². The van der Waals surface area contributed by atoms with Crippen molar-refractivity contribution in [1.82, 2.24) is 10.2 Å².